The SMILES string of the molecule is COc1ncc(-c2ccc3c(c2)nc(OC)n3C(NC(=O)c2ccccc2)(OC)C(F)(F)F)cn1. The van der Waals surface area contributed by atoms with Crippen LogP contribution in [-0.4, -0.2) is 52.9 Å². The highest BCUT2D eigenvalue weighted by Crippen LogP contribution is 2.41. The van der Waals surface area contributed by atoms with Gasteiger partial charge in [0.2, 0.25) is 0 Å². The number of nitrogens with zero attached hydrogens (tertiary/aromatic N) is 4. The summed E-state index contributed by atoms with van der Waals surface area (Å²) in [4.78, 5) is 25.1. The highest BCUT2D eigenvalue weighted by molar-refractivity contribution is 5.94. The van der Waals surface area contributed by atoms with Crippen molar-refractivity contribution in [2.45, 2.75) is 12.0 Å². The first-order chi connectivity index (χ1) is 16.7. The number of carbonyl (C=O) groups is 1. The Kier molecular flexibility index (Phi) is 6.31. The molecule has 0 saturated heterocycles. The lowest BCUT2D eigenvalue weighted by molar-refractivity contribution is -0.317. The minimum absolute atomic E-state index is 0.00701. The van der Waals surface area contributed by atoms with E-state index in [4.69, 9.17) is 14.2 Å². The molecule has 1 unspecified atom stereocenters. The van der Waals surface area contributed by atoms with Gasteiger partial charge in [-0.1, -0.05) is 24.3 Å². The van der Waals surface area contributed by atoms with E-state index in [-0.39, 0.29) is 22.6 Å². The van der Waals surface area contributed by atoms with Gasteiger partial charge in [-0.25, -0.2) is 14.5 Å². The lowest BCUT2D eigenvalue weighted by atomic mass is 10.1. The largest absolute Gasteiger partial charge is 0.468 e. The van der Waals surface area contributed by atoms with Crippen LogP contribution in [0.25, 0.3) is 22.2 Å². The third-order valence-corrected chi connectivity index (χ3v) is 5.26. The topological polar surface area (TPSA) is 100 Å². The fourth-order valence-corrected chi connectivity index (χ4v) is 3.58. The monoisotopic (exact) mass is 487 g/mol. The summed E-state index contributed by atoms with van der Waals surface area (Å²) in [7, 11) is 3.44. The van der Waals surface area contributed by atoms with E-state index in [2.05, 4.69) is 15.0 Å². The van der Waals surface area contributed by atoms with Crippen molar-refractivity contribution < 1.29 is 32.2 Å². The summed E-state index contributed by atoms with van der Waals surface area (Å²) < 4.78 is 59.6. The molecule has 35 heavy (non-hydrogen) atoms. The maximum atomic E-state index is 14.6. The molecule has 2 heterocycles. The zero-order valence-corrected chi connectivity index (χ0v) is 18.8. The maximum absolute atomic E-state index is 14.6. The van der Waals surface area contributed by atoms with Gasteiger partial charge in [-0.05, 0) is 29.8 Å². The summed E-state index contributed by atoms with van der Waals surface area (Å²) in [5.41, 5.74) is 1.37. The summed E-state index contributed by atoms with van der Waals surface area (Å²) in [6.45, 7) is 0. The van der Waals surface area contributed by atoms with Crippen molar-refractivity contribution in [3.8, 4) is 23.1 Å². The van der Waals surface area contributed by atoms with Crippen LogP contribution in [0.2, 0.25) is 0 Å². The first-order valence-electron chi connectivity index (χ1n) is 10.2. The number of fused-ring (bicyclic) bond motifs is 1. The Balaban J connectivity index is 1.86. The Bertz CT molecular complexity index is 1340. The molecule has 12 heteroatoms. The van der Waals surface area contributed by atoms with Crippen LogP contribution < -0.4 is 14.8 Å². The summed E-state index contributed by atoms with van der Waals surface area (Å²) in [5.74, 6) is -4.31. The number of alkyl halides is 3. The number of hydrogen-bond donors (Lipinski definition) is 1. The quantitative estimate of drug-likeness (QED) is 0.396. The third-order valence-electron chi connectivity index (χ3n) is 5.26. The second-order valence-corrected chi connectivity index (χ2v) is 7.26. The van der Waals surface area contributed by atoms with Gasteiger partial charge in [0.25, 0.3) is 5.91 Å². The molecule has 4 aromatic rings. The fraction of sp³-hybridized carbons (Fsp3) is 0.217. The summed E-state index contributed by atoms with van der Waals surface area (Å²) in [6.07, 6.45) is -2.08. The smallest absolute Gasteiger partial charge is 0.459 e. The van der Waals surface area contributed by atoms with Gasteiger partial charge in [0.15, 0.2) is 0 Å². The lowest BCUT2D eigenvalue weighted by Crippen LogP contribution is -2.61. The number of methoxy groups -OCH3 is 3. The highest BCUT2D eigenvalue weighted by Gasteiger charge is 2.61. The van der Waals surface area contributed by atoms with Gasteiger partial charge in [-0.3, -0.25) is 10.1 Å². The van der Waals surface area contributed by atoms with E-state index < -0.39 is 23.9 Å². The van der Waals surface area contributed by atoms with Gasteiger partial charge in [-0.2, -0.15) is 18.2 Å². The van der Waals surface area contributed by atoms with Gasteiger partial charge in [0, 0.05) is 30.6 Å². The van der Waals surface area contributed by atoms with Crippen LogP contribution in [0.15, 0.2) is 60.9 Å². The van der Waals surface area contributed by atoms with Crippen LogP contribution in [-0.2, 0) is 10.6 Å². The Morgan fingerprint density at radius 2 is 1.63 bits per heavy atom. The van der Waals surface area contributed by atoms with Crippen LogP contribution in [0.4, 0.5) is 13.2 Å². The zero-order chi connectivity index (χ0) is 25.2. The zero-order valence-electron chi connectivity index (χ0n) is 18.8. The molecule has 0 saturated carbocycles. The van der Waals surface area contributed by atoms with E-state index in [1.165, 1.54) is 56.9 Å². The Morgan fingerprint density at radius 1 is 0.943 bits per heavy atom. The van der Waals surface area contributed by atoms with Gasteiger partial charge >= 0.3 is 24.0 Å². The number of halogens is 3. The molecular weight excluding hydrogens is 467 g/mol. The van der Waals surface area contributed by atoms with Crippen LogP contribution in [0.3, 0.4) is 0 Å². The van der Waals surface area contributed by atoms with E-state index in [0.717, 1.165) is 7.11 Å². The molecule has 0 aliphatic carbocycles. The molecule has 1 N–H and O–H groups in total. The summed E-state index contributed by atoms with van der Waals surface area (Å²) in [6, 6.07) is 11.8. The Morgan fingerprint density at radius 3 is 2.20 bits per heavy atom. The number of amides is 1. The van der Waals surface area contributed by atoms with E-state index in [1.807, 2.05) is 5.32 Å². The molecule has 1 atom stereocenters. The average molecular weight is 487 g/mol. The predicted molar refractivity (Wildman–Crippen MR) is 119 cm³/mol. The molecule has 0 aliphatic heterocycles. The van der Waals surface area contributed by atoms with E-state index >= 15 is 0 Å². The molecule has 0 bridgehead atoms. The Labute approximate surface area is 197 Å². The van der Waals surface area contributed by atoms with Crippen molar-refractivity contribution in [3.63, 3.8) is 0 Å². The highest BCUT2D eigenvalue weighted by atomic mass is 19.4. The third kappa shape index (κ3) is 4.23. The number of hydrogen-bond acceptors (Lipinski definition) is 7. The molecule has 1 amide bonds. The van der Waals surface area contributed by atoms with Crippen molar-refractivity contribution in [3.05, 3.63) is 66.5 Å². The molecule has 9 nitrogen and oxygen atoms in total. The van der Waals surface area contributed by atoms with Gasteiger partial charge < -0.3 is 14.2 Å². The van der Waals surface area contributed by atoms with Crippen LogP contribution >= 0.6 is 0 Å². The second kappa shape index (κ2) is 9.22. The first-order valence-corrected chi connectivity index (χ1v) is 10.2. The van der Waals surface area contributed by atoms with Gasteiger partial charge in [0.1, 0.15) is 0 Å². The molecule has 2 aromatic heterocycles. The molecule has 0 radical (unpaired) electrons. The maximum Gasteiger partial charge on any atom is 0.459 e. The minimum atomic E-state index is -5.10. The lowest BCUT2D eigenvalue weighted by Gasteiger charge is -2.36. The average Bonchev–Trinajstić information content (AvgIpc) is 3.25. The minimum Gasteiger partial charge on any atom is -0.468 e. The number of ether oxygens (including phenoxy) is 3. The van der Waals surface area contributed by atoms with Crippen LogP contribution in [0.5, 0.6) is 12.0 Å². The van der Waals surface area contributed by atoms with Crippen LogP contribution in [0.1, 0.15) is 10.4 Å². The van der Waals surface area contributed by atoms with Gasteiger partial charge in [0.05, 0.1) is 25.3 Å². The summed E-state index contributed by atoms with van der Waals surface area (Å²) in [5, 5.41) is 1.99. The number of aromatic nitrogens is 4. The molecule has 0 aliphatic rings. The number of benzene rings is 2. The molecule has 182 valence electrons. The normalized spacial score (nSPS) is 13.3. The van der Waals surface area contributed by atoms with Crippen molar-refractivity contribution in [1.29, 1.82) is 0 Å². The van der Waals surface area contributed by atoms with Crippen molar-refractivity contribution in [1.82, 2.24) is 24.8 Å². The summed E-state index contributed by atoms with van der Waals surface area (Å²) >= 11 is 0. The van der Waals surface area contributed by atoms with Crippen LogP contribution in [0, 0.1) is 0 Å². The number of imidazole rings is 1. The van der Waals surface area contributed by atoms with Crippen molar-refractivity contribution in [2.24, 2.45) is 0 Å². The number of nitrogens with one attached hydrogen (secondary N) is 1. The fourth-order valence-electron chi connectivity index (χ4n) is 3.58. The van der Waals surface area contributed by atoms with E-state index in [0.29, 0.717) is 15.7 Å². The predicted octanol–water partition coefficient (Wildman–Crippen LogP) is 3.76. The van der Waals surface area contributed by atoms with E-state index in [1.54, 1.807) is 18.2 Å². The van der Waals surface area contributed by atoms with Crippen molar-refractivity contribution >= 4 is 16.9 Å². The first kappa shape index (κ1) is 24.0. The van der Waals surface area contributed by atoms with E-state index in [9.17, 15) is 18.0 Å². The molecule has 2 aromatic carbocycles. The molecule has 0 fully saturated rings. The number of rotatable bonds is 7. The molecule has 4 rings (SSSR count). The molecular formula is C23H20F3N5O4. The standard InChI is InChI=1S/C23H20F3N5O4/c1-33-20-27-12-16(13-28-20)15-9-10-18-17(11-15)29-21(34-2)31(18)23(35-3,22(24,25)26)30-19(32)14-7-5-4-6-8-14/h4-13H,1-3H3,(H,30,32). The Hall–Kier alpha value is -4.19. The molecule has 0 spiro atoms. The number of carbonyl (C=O) groups excluding carboxylic acids is 1. The van der Waals surface area contributed by atoms with Gasteiger partial charge in [-0.15, -0.1) is 0 Å². The second-order valence-electron chi connectivity index (χ2n) is 7.26. The van der Waals surface area contributed by atoms with Crippen molar-refractivity contribution in [2.75, 3.05) is 21.3 Å².